The maximum atomic E-state index is 12.0. The monoisotopic (exact) mass is 203 g/mol. The molecule has 5 heteroatoms. The predicted molar refractivity (Wildman–Crippen MR) is 49.1 cm³/mol. The highest BCUT2D eigenvalue weighted by molar-refractivity contribution is 4.90. The van der Waals surface area contributed by atoms with Gasteiger partial charge in [-0.15, -0.1) is 0 Å². The van der Waals surface area contributed by atoms with Gasteiger partial charge in [-0.1, -0.05) is 0 Å². The molecule has 0 amide bonds. The fourth-order valence-electron chi connectivity index (χ4n) is 1.61. The highest BCUT2D eigenvalue weighted by Crippen LogP contribution is 2.07. The lowest BCUT2D eigenvalue weighted by molar-refractivity contribution is 0.0519. The third-order valence-corrected chi connectivity index (χ3v) is 2.54. The van der Waals surface area contributed by atoms with Crippen LogP contribution in [0.15, 0.2) is 0 Å². The molecule has 1 fully saturated rings. The number of hydrogen-bond donors (Lipinski definition) is 0. The van der Waals surface area contributed by atoms with Crippen LogP contribution in [-0.4, -0.2) is 55.0 Å². The van der Waals surface area contributed by atoms with Gasteiger partial charge >= 0.3 is 0 Å². The van der Waals surface area contributed by atoms with Crippen molar-refractivity contribution >= 4 is 0 Å². The lowest BCUT2D eigenvalue weighted by Crippen LogP contribution is -2.50. The Balaban J connectivity index is 2.28. The molecule has 0 spiro atoms. The fraction of sp³-hybridized carbons (Fsp3) is 0.889. The first-order chi connectivity index (χ1) is 6.63. The van der Waals surface area contributed by atoms with Crippen molar-refractivity contribution in [3.63, 3.8) is 0 Å². The van der Waals surface area contributed by atoms with E-state index in [1.807, 2.05) is 11.8 Å². The van der Waals surface area contributed by atoms with Crippen molar-refractivity contribution in [2.45, 2.75) is 19.4 Å². The molecule has 0 aromatic rings. The summed E-state index contributed by atoms with van der Waals surface area (Å²) >= 11 is 0. The number of halogens is 2. The molecule has 1 aliphatic rings. The van der Waals surface area contributed by atoms with Crippen molar-refractivity contribution in [2.24, 2.45) is 0 Å². The van der Waals surface area contributed by atoms with Crippen LogP contribution in [-0.2, 0) is 0 Å². The number of alkyl halides is 2. The Kier molecular flexibility index (Phi) is 4.23. The Hall–Kier alpha value is -0.730. The summed E-state index contributed by atoms with van der Waals surface area (Å²) < 4.78 is 24.1. The number of hydrogen-bond acceptors (Lipinski definition) is 3. The van der Waals surface area contributed by atoms with Crippen molar-refractivity contribution < 1.29 is 8.78 Å². The molecule has 0 N–H and O–H groups in total. The van der Waals surface area contributed by atoms with Crippen molar-refractivity contribution in [2.75, 3.05) is 32.7 Å². The Morgan fingerprint density at radius 3 is 2.29 bits per heavy atom. The molecule has 1 atom stereocenters. The van der Waals surface area contributed by atoms with Gasteiger partial charge < -0.3 is 0 Å². The second-order valence-electron chi connectivity index (χ2n) is 3.53. The van der Waals surface area contributed by atoms with Crippen LogP contribution in [0.3, 0.4) is 0 Å². The molecule has 1 aliphatic heterocycles. The molecule has 14 heavy (non-hydrogen) atoms. The predicted octanol–water partition coefficient (Wildman–Crippen LogP) is 0.781. The average molecular weight is 203 g/mol. The molecule has 0 aromatic carbocycles. The first-order valence-electron chi connectivity index (χ1n) is 4.77. The normalized spacial score (nSPS) is 22.2. The minimum absolute atomic E-state index is 0.108. The molecule has 0 aromatic heterocycles. The summed E-state index contributed by atoms with van der Waals surface area (Å²) in [5, 5.41) is 8.67. The van der Waals surface area contributed by atoms with Crippen molar-refractivity contribution in [3.05, 3.63) is 0 Å². The van der Waals surface area contributed by atoms with Gasteiger partial charge in [-0.3, -0.25) is 9.80 Å². The van der Waals surface area contributed by atoms with Gasteiger partial charge in [-0.05, 0) is 6.92 Å². The second kappa shape index (κ2) is 5.23. The second-order valence-corrected chi connectivity index (χ2v) is 3.53. The summed E-state index contributed by atoms with van der Waals surface area (Å²) in [4.78, 5) is 3.76. The van der Waals surface area contributed by atoms with E-state index >= 15 is 0 Å². The Bertz CT molecular complexity index is 207. The van der Waals surface area contributed by atoms with Crippen LogP contribution in [0.25, 0.3) is 0 Å². The summed E-state index contributed by atoms with van der Waals surface area (Å²) in [7, 11) is 0. The molecular formula is C9H15F2N3. The van der Waals surface area contributed by atoms with Crippen molar-refractivity contribution in [3.8, 4) is 6.07 Å². The largest absolute Gasteiger partial charge is 0.295 e. The Morgan fingerprint density at radius 1 is 1.29 bits per heavy atom. The molecule has 1 unspecified atom stereocenters. The van der Waals surface area contributed by atoms with Gasteiger partial charge in [0.1, 0.15) is 0 Å². The first kappa shape index (κ1) is 11.3. The average Bonchev–Trinajstić information content (AvgIpc) is 2.17. The van der Waals surface area contributed by atoms with Gasteiger partial charge in [0.2, 0.25) is 0 Å². The molecule has 3 nitrogen and oxygen atoms in total. The highest BCUT2D eigenvalue weighted by Gasteiger charge is 2.22. The van der Waals surface area contributed by atoms with Crippen LogP contribution in [0.4, 0.5) is 8.78 Å². The van der Waals surface area contributed by atoms with Gasteiger partial charge in [0.15, 0.2) is 0 Å². The standard InChI is InChI=1S/C9H15F2N3/c1-8(6-12)14-4-2-13(3-5-14)7-9(10)11/h8-9H,2-5,7H2,1H3. The highest BCUT2D eigenvalue weighted by atomic mass is 19.3. The summed E-state index contributed by atoms with van der Waals surface area (Å²) in [6, 6.07) is 2.04. The minimum atomic E-state index is -2.25. The molecule has 80 valence electrons. The molecule has 1 saturated heterocycles. The molecule has 0 bridgehead atoms. The number of piperazine rings is 1. The molecule has 0 radical (unpaired) electrons. The molecule has 1 heterocycles. The Labute approximate surface area is 82.9 Å². The maximum absolute atomic E-state index is 12.0. The third kappa shape index (κ3) is 3.20. The van der Waals surface area contributed by atoms with Crippen LogP contribution in [0.2, 0.25) is 0 Å². The number of rotatable bonds is 3. The van der Waals surface area contributed by atoms with E-state index in [0.29, 0.717) is 26.2 Å². The summed E-state index contributed by atoms with van der Waals surface area (Å²) in [5.41, 5.74) is 0. The summed E-state index contributed by atoms with van der Waals surface area (Å²) in [5.74, 6) is 0. The van der Waals surface area contributed by atoms with E-state index < -0.39 is 6.43 Å². The van der Waals surface area contributed by atoms with E-state index in [0.717, 1.165) is 0 Å². The van der Waals surface area contributed by atoms with Crippen LogP contribution < -0.4 is 0 Å². The van der Waals surface area contributed by atoms with Gasteiger partial charge in [0.05, 0.1) is 18.7 Å². The van der Waals surface area contributed by atoms with Gasteiger partial charge in [-0.25, -0.2) is 8.78 Å². The number of nitriles is 1. The van der Waals surface area contributed by atoms with Crippen molar-refractivity contribution in [1.29, 1.82) is 5.26 Å². The van der Waals surface area contributed by atoms with Crippen LogP contribution in [0.1, 0.15) is 6.92 Å². The van der Waals surface area contributed by atoms with E-state index in [4.69, 9.17) is 5.26 Å². The van der Waals surface area contributed by atoms with Crippen LogP contribution >= 0.6 is 0 Å². The smallest absolute Gasteiger partial charge is 0.251 e. The molecule has 0 saturated carbocycles. The maximum Gasteiger partial charge on any atom is 0.251 e. The van der Waals surface area contributed by atoms with Crippen LogP contribution in [0, 0.1) is 11.3 Å². The van der Waals surface area contributed by atoms with Gasteiger partial charge in [-0.2, -0.15) is 5.26 Å². The molecular weight excluding hydrogens is 188 g/mol. The summed E-state index contributed by atoms with van der Waals surface area (Å²) in [6.45, 7) is 4.38. The topological polar surface area (TPSA) is 30.3 Å². The molecule has 1 rings (SSSR count). The van der Waals surface area contributed by atoms with E-state index in [-0.39, 0.29) is 12.6 Å². The van der Waals surface area contributed by atoms with E-state index in [2.05, 4.69) is 6.07 Å². The third-order valence-electron chi connectivity index (χ3n) is 2.54. The Morgan fingerprint density at radius 2 is 1.86 bits per heavy atom. The zero-order chi connectivity index (χ0) is 10.6. The summed E-state index contributed by atoms with van der Waals surface area (Å²) in [6.07, 6.45) is -2.25. The van der Waals surface area contributed by atoms with E-state index in [1.165, 1.54) is 0 Å². The van der Waals surface area contributed by atoms with Gasteiger partial charge in [0, 0.05) is 26.2 Å². The van der Waals surface area contributed by atoms with Crippen molar-refractivity contribution in [1.82, 2.24) is 9.80 Å². The van der Waals surface area contributed by atoms with Gasteiger partial charge in [0.25, 0.3) is 6.43 Å². The zero-order valence-electron chi connectivity index (χ0n) is 8.29. The SMILES string of the molecule is CC(C#N)N1CCN(CC(F)F)CC1. The lowest BCUT2D eigenvalue weighted by Gasteiger charge is -2.35. The first-order valence-corrected chi connectivity index (χ1v) is 4.77. The van der Waals surface area contributed by atoms with E-state index in [9.17, 15) is 8.78 Å². The molecule has 0 aliphatic carbocycles. The van der Waals surface area contributed by atoms with E-state index in [1.54, 1.807) is 4.90 Å². The van der Waals surface area contributed by atoms with Crippen LogP contribution in [0.5, 0.6) is 0 Å². The zero-order valence-corrected chi connectivity index (χ0v) is 8.29. The number of nitrogens with zero attached hydrogens (tertiary/aromatic N) is 3. The fourth-order valence-corrected chi connectivity index (χ4v) is 1.61. The lowest BCUT2D eigenvalue weighted by atomic mass is 10.2. The minimum Gasteiger partial charge on any atom is -0.295 e. The quantitative estimate of drug-likeness (QED) is 0.679.